The molecule has 1 fully saturated rings. The van der Waals surface area contributed by atoms with Crippen LogP contribution in [0.1, 0.15) is 12.8 Å². The van der Waals surface area contributed by atoms with E-state index in [1.165, 1.54) is 12.8 Å². The molecule has 0 radical (unpaired) electrons. The molecule has 1 saturated carbocycles. The quantitative estimate of drug-likeness (QED) is 0.725. The van der Waals surface area contributed by atoms with Crippen LogP contribution in [0, 0.1) is 5.92 Å². The normalized spacial score (nSPS) is 26.7. The minimum atomic E-state index is 0.255. The molecule has 0 aromatic rings. The first-order valence-corrected chi connectivity index (χ1v) is 6.81. The first kappa shape index (κ1) is 11.4. The van der Waals surface area contributed by atoms with Crippen LogP contribution in [0.25, 0.3) is 0 Å². The molecule has 13 heavy (non-hydrogen) atoms. The van der Waals surface area contributed by atoms with Gasteiger partial charge in [-0.15, -0.1) is 0 Å². The van der Waals surface area contributed by atoms with Crippen LogP contribution >= 0.6 is 27.7 Å². The lowest BCUT2D eigenvalue weighted by Crippen LogP contribution is -2.38. The lowest BCUT2D eigenvalue weighted by Gasteiger charge is -2.34. The number of alkyl halides is 1. The molecule has 1 aliphatic rings. The summed E-state index contributed by atoms with van der Waals surface area (Å²) in [4.78, 5) is 14.0. The average molecular weight is 266 g/mol. The van der Waals surface area contributed by atoms with E-state index in [0.717, 1.165) is 12.5 Å². The fraction of sp³-hybridized carbons (Fsp3) is 0.889. The summed E-state index contributed by atoms with van der Waals surface area (Å²) >= 11 is 5.14. The van der Waals surface area contributed by atoms with Crippen LogP contribution in [0.5, 0.6) is 0 Å². The third-order valence-corrected chi connectivity index (χ3v) is 3.69. The van der Waals surface area contributed by atoms with E-state index in [-0.39, 0.29) is 5.91 Å². The predicted molar refractivity (Wildman–Crippen MR) is 61.5 cm³/mol. The second-order valence-electron chi connectivity index (χ2n) is 3.64. The molecule has 0 aliphatic heterocycles. The highest BCUT2D eigenvalue weighted by molar-refractivity contribution is 9.09. The first-order chi connectivity index (χ1) is 6.13. The average Bonchev–Trinajstić information content (AvgIpc) is 2.02. The Hall–Kier alpha value is 0.300. The minimum Gasteiger partial charge on any atom is -0.345 e. The number of rotatable bonds is 4. The Balaban J connectivity index is 2.17. The van der Waals surface area contributed by atoms with Gasteiger partial charge in [0, 0.05) is 18.4 Å². The van der Waals surface area contributed by atoms with Crippen molar-refractivity contribution in [2.45, 2.75) is 17.7 Å². The van der Waals surface area contributed by atoms with Crippen LogP contribution in [0.3, 0.4) is 0 Å². The Morgan fingerprint density at radius 1 is 1.62 bits per heavy atom. The molecular formula is C9H16BrNOS. The summed E-state index contributed by atoms with van der Waals surface area (Å²) in [6.07, 6.45) is 4.40. The number of carbonyl (C=O) groups is 1. The zero-order chi connectivity index (χ0) is 9.84. The van der Waals surface area contributed by atoms with Crippen LogP contribution in [0.2, 0.25) is 0 Å². The van der Waals surface area contributed by atoms with Gasteiger partial charge in [-0.05, 0) is 25.0 Å². The monoisotopic (exact) mass is 265 g/mol. The van der Waals surface area contributed by atoms with E-state index in [1.54, 1.807) is 11.8 Å². The molecule has 0 atom stereocenters. The largest absolute Gasteiger partial charge is 0.345 e. The van der Waals surface area contributed by atoms with Crippen LogP contribution in [-0.4, -0.2) is 41.2 Å². The molecule has 0 aromatic carbocycles. The zero-order valence-electron chi connectivity index (χ0n) is 8.12. The van der Waals surface area contributed by atoms with Crippen molar-refractivity contribution in [2.75, 3.05) is 25.6 Å². The summed E-state index contributed by atoms with van der Waals surface area (Å²) in [5.74, 6) is 1.59. The van der Waals surface area contributed by atoms with Crippen LogP contribution in [-0.2, 0) is 4.79 Å². The molecule has 1 aliphatic carbocycles. The summed E-state index contributed by atoms with van der Waals surface area (Å²) in [5.41, 5.74) is 0. The van der Waals surface area contributed by atoms with Crippen LogP contribution in [0.15, 0.2) is 0 Å². The number of thioether (sulfide) groups is 1. The van der Waals surface area contributed by atoms with Crippen molar-refractivity contribution < 1.29 is 4.79 Å². The Morgan fingerprint density at radius 3 is 2.69 bits per heavy atom. The third-order valence-electron chi connectivity index (χ3n) is 2.40. The van der Waals surface area contributed by atoms with Crippen LogP contribution < -0.4 is 0 Å². The molecule has 0 spiro atoms. The number of hydrogen-bond acceptors (Lipinski definition) is 2. The first-order valence-electron chi connectivity index (χ1n) is 4.50. The molecule has 0 saturated heterocycles. The lowest BCUT2D eigenvalue weighted by atomic mass is 9.85. The number of hydrogen-bond donors (Lipinski definition) is 0. The number of amides is 1. The highest BCUT2D eigenvalue weighted by atomic mass is 79.9. The van der Waals surface area contributed by atoms with E-state index in [2.05, 4.69) is 15.9 Å². The van der Waals surface area contributed by atoms with Gasteiger partial charge in [-0.25, -0.2) is 0 Å². The number of nitrogens with zero attached hydrogens (tertiary/aromatic N) is 1. The summed E-state index contributed by atoms with van der Waals surface area (Å²) in [5, 5.41) is 0. The number of halogens is 1. The van der Waals surface area contributed by atoms with E-state index in [0.29, 0.717) is 10.6 Å². The Morgan fingerprint density at radius 2 is 2.23 bits per heavy atom. The molecule has 0 bridgehead atoms. The fourth-order valence-electron chi connectivity index (χ4n) is 1.53. The van der Waals surface area contributed by atoms with Gasteiger partial charge in [-0.1, -0.05) is 15.9 Å². The standard InChI is InChI=1S/C9H16BrNOS/c1-11(9(12)6-13-2)5-7-3-8(10)4-7/h7-8H,3-6H2,1-2H3. The van der Waals surface area contributed by atoms with Gasteiger partial charge in [-0.3, -0.25) is 4.79 Å². The zero-order valence-corrected chi connectivity index (χ0v) is 10.5. The van der Waals surface area contributed by atoms with Gasteiger partial charge in [0.25, 0.3) is 0 Å². The Labute approximate surface area is 92.6 Å². The molecule has 4 heteroatoms. The van der Waals surface area contributed by atoms with Crippen molar-refractivity contribution in [2.24, 2.45) is 5.92 Å². The second kappa shape index (κ2) is 5.25. The fourth-order valence-corrected chi connectivity index (χ4v) is 3.05. The minimum absolute atomic E-state index is 0.255. The summed E-state index contributed by atoms with van der Waals surface area (Å²) in [6, 6.07) is 0. The van der Waals surface area contributed by atoms with Gasteiger partial charge in [0.2, 0.25) is 5.91 Å². The smallest absolute Gasteiger partial charge is 0.232 e. The summed E-state index contributed by atoms with van der Waals surface area (Å²) in [7, 11) is 1.90. The van der Waals surface area contributed by atoms with E-state index in [9.17, 15) is 4.79 Å². The summed E-state index contributed by atoms with van der Waals surface area (Å²) < 4.78 is 0. The van der Waals surface area contributed by atoms with E-state index < -0.39 is 0 Å². The SMILES string of the molecule is CSCC(=O)N(C)CC1CC(Br)C1. The van der Waals surface area contributed by atoms with Crippen molar-refractivity contribution in [3.05, 3.63) is 0 Å². The van der Waals surface area contributed by atoms with Crippen molar-refractivity contribution in [3.63, 3.8) is 0 Å². The molecule has 1 rings (SSSR count). The molecule has 0 unspecified atom stereocenters. The van der Waals surface area contributed by atoms with Crippen molar-refractivity contribution in [1.29, 1.82) is 0 Å². The molecule has 0 N–H and O–H groups in total. The van der Waals surface area contributed by atoms with Gasteiger partial charge < -0.3 is 4.90 Å². The van der Waals surface area contributed by atoms with E-state index in [4.69, 9.17) is 0 Å². The molecule has 1 amide bonds. The van der Waals surface area contributed by atoms with Gasteiger partial charge in [0.1, 0.15) is 0 Å². The molecule has 2 nitrogen and oxygen atoms in total. The van der Waals surface area contributed by atoms with Gasteiger partial charge >= 0.3 is 0 Å². The van der Waals surface area contributed by atoms with Crippen LogP contribution in [0.4, 0.5) is 0 Å². The molecule has 0 aromatic heterocycles. The molecular weight excluding hydrogens is 250 g/mol. The van der Waals surface area contributed by atoms with Gasteiger partial charge in [-0.2, -0.15) is 11.8 Å². The van der Waals surface area contributed by atoms with Crippen molar-refractivity contribution in [3.8, 4) is 0 Å². The maximum absolute atomic E-state index is 11.4. The second-order valence-corrected chi connectivity index (χ2v) is 5.80. The van der Waals surface area contributed by atoms with Gasteiger partial charge in [0.05, 0.1) is 5.75 Å². The highest BCUT2D eigenvalue weighted by Crippen LogP contribution is 2.33. The predicted octanol–water partition coefficient (Wildman–Crippen LogP) is 1.98. The Bertz CT molecular complexity index is 182. The molecule has 0 heterocycles. The van der Waals surface area contributed by atoms with E-state index in [1.807, 2.05) is 18.2 Å². The highest BCUT2D eigenvalue weighted by Gasteiger charge is 2.28. The number of carbonyl (C=O) groups excluding carboxylic acids is 1. The third kappa shape index (κ3) is 3.50. The molecule has 76 valence electrons. The lowest BCUT2D eigenvalue weighted by molar-refractivity contribution is -0.127. The van der Waals surface area contributed by atoms with Gasteiger partial charge in [0.15, 0.2) is 0 Å². The maximum Gasteiger partial charge on any atom is 0.232 e. The topological polar surface area (TPSA) is 20.3 Å². The Kier molecular flexibility index (Phi) is 4.59. The van der Waals surface area contributed by atoms with Crippen molar-refractivity contribution in [1.82, 2.24) is 4.90 Å². The van der Waals surface area contributed by atoms with E-state index >= 15 is 0 Å². The summed E-state index contributed by atoms with van der Waals surface area (Å²) in [6.45, 7) is 0.932. The van der Waals surface area contributed by atoms with Crippen molar-refractivity contribution >= 4 is 33.6 Å². The maximum atomic E-state index is 11.4.